The number of rotatable bonds is 2. The number of carbonyl (C=O) groups excluding carboxylic acids is 1. The molecule has 0 aromatic heterocycles. The van der Waals surface area contributed by atoms with Crippen LogP contribution in [0.4, 0.5) is 4.79 Å². The van der Waals surface area contributed by atoms with Crippen molar-refractivity contribution in [3.8, 4) is 0 Å². The molecule has 1 aliphatic carbocycles. The van der Waals surface area contributed by atoms with Crippen molar-refractivity contribution in [2.75, 3.05) is 26.2 Å². The molecule has 96 valence electrons. The summed E-state index contributed by atoms with van der Waals surface area (Å²) in [5.41, 5.74) is 0. The van der Waals surface area contributed by atoms with Gasteiger partial charge in [0.1, 0.15) is 0 Å². The molecule has 2 saturated heterocycles. The highest BCUT2D eigenvalue weighted by Crippen LogP contribution is 2.21. The van der Waals surface area contributed by atoms with E-state index in [1.165, 1.54) is 51.6 Å². The van der Waals surface area contributed by atoms with Crippen LogP contribution in [0.3, 0.4) is 0 Å². The maximum atomic E-state index is 11.9. The van der Waals surface area contributed by atoms with Crippen molar-refractivity contribution in [2.45, 2.75) is 50.6 Å². The van der Waals surface area contributed by atoms with Crippen LogP contribution in [0, 0.1) is 0 Å². The maximum Gasteiger partial charge on any atom is 0.317 e. The lowest BCUT2D eigenvalue weighted by atomic mass is 10.1. The van der Waals surface area contributed by atoms with Gasteiger partial charge in [0.25, 0.3) is 0 Å². The van der Waals surface area contributed by atoms with Gasteiger partial charge in [-0.25, -0.2) is 4.79 Å². The summed E-state index contributed by atoms with van der Waals surface area (Å²) in [6.07, 6.45) is 7.59. The summed E-state index contributed by atoms with van der Waals surface area (Å²) >= 11 is 0. The van der Waals surface area contributed by atoms with Crippen LogP contribution in [0.15, 0.2) is 0 Å². The van der Waals surface area contributed by atoms with E-state index in [2.05, 4.69) is 10.2 Å². The molecule has 4 nitrogen and oxygen atoms in total. The Bertz CT molecular complexity index is 276. The molecule has 0 bridgehead atoms. The molecule has 0 spiro atoms. The van der Waals surface area contributed by atoms with E-state index >= 15 is 0 Å². The lowest BCUT2D eigenvalue weighted by Crippen LogP contribution is -2.63. The van der Waals surface area contributed by atoms with Crippen LogP contribution in [0.2, 0.25) is 0 Å². The quantitative estimate of drug-likeness (QED) is 0.788. The first-order valence-electron chi connectivity index (χ1n) is 7.12. The third-order valence-corrected chi connectivity index (χ3v) is 4.49. The van der Waals surface area contributed by atoms with Crippen LogP contribution < -0.4 is 5.32 Å². The number of nitrogens with one attached hydrogen (secondary N) is 1. The molecular formula is C13H23N3O. The lowest BCUT2D eigenvalue weighted by molar-refractivity contribution is 0.0704. The topological polar surface area (TPSA) is 35.6 Å². The number of hydrogen-bond acceptors (Lipinski definition) is 2. The summed E-state index contributed by atoms with van der Waals surface area (Å²) in [6, 6.07) is 1.27. The van der Waals surface area contributed by atoms with Gasteiger partial charge in [0.2, 0.25) is 0 Å². The number of hydrogen-bond donors (Lipinski definition) is 1. The van der Waals surface area contributed by atoms with Crippen molar-refractivity contribution in [2.24, 2.45) is 0 Å². The number of nitrogens with zero attached hydrogens (tertiary/aromatic N) is 2. The van der Waals surface area contributed by atoms with Gasteiger partial charge in [0, 0.05) is 25.2 Å². The molecule has 3 rings (SSSR count). The van der Waals surface area contributed by atoms with Gasteiger partial charge in [-0.3, -0.25) is 4.90 Å². The second kappa shape index (κ2) is 4.84. The predicted molar refractivity (Wildman–Crippen MR) is 67.0 cm³/mol. The van der Waals surface area contributed by atoms with Crippen LogP contribution >= 0.6 is 0 Å². The molecule has 3 aliphatic rings. The zero-order chi connectivity index (χ0) is 11.7. The Morgan fingerprint density at radius 3 is 2.29 bits per heavy atom. The fourth-order valence-electron chi connectivity index (χ4n) is 3.29. The van der Waals surface area contributed by atoms with E-state index in [0.29, 0.717) is 12.1 Å². The highest BCUT2D eigenvalue weighted by molar-refractivity contribution is 5.75. The molecule has 1 saturated carbocycles. The zero-order valence-electron chi connectivity index (χ0n) is 10.5. The zero-order valence-corrected chi connectivity index (χ0v) is 10.5. The number of carbonyl (C=O) groups is 1. The van der Waals surface area contributed by atoms with Crippen molar-refractivity contribution >= 4 is 6.03 Å². The highest BCUT2D eigenvalue weighted by atomic mass is 16.2. The first kappa shape index (κ1) is 11.3. The second-order valence-electron chi connectivity index (χ2n) is 5.73. The third kappa shape index (κ3) is 2.41. The molecular weight excluding hydrogens is 214 g/mol. The third-order valence-electron chi connectivity index (χ3n) is 4.49. The summed E-state index contributed by atoms with van der Waals surface area (Å²) in [5, 5.41) is 3.16. The highest BCUT2D eigenvalue weighted by Gasteiger charge is 2.36. The van der Waals surface area contributed by atoms with E-state index in [-0.39, 0.29) is 6.03 Å². The van der Waals surface area contributed by atoms with Crippen LogP contribution in [0.5, 0.6) is 0 Å². The van der Waals surface area contributed by atoms with E-state index in [0.717, 1.165) is 13.1 Å². The smallest absolute Gasteiger partial charge is 0.317 e. The maximum absolute atomic E-state index is 11.9. The van der Waals surface area contributed by atoms with E-state index < -0.39 is 0 Å². The Hall–Kier alpha value is -0.770. The minimum absolute atomic E-state index is 0.173. The largest absolute Gasteiger partial charge is 0.335 e. The van der Waals surface area contributed by atoms with E-state index in [9.17, 15) is 4.79 Å². The van der Waals surface area contributed by atoms with E-state index in [1.807, 2.05) is 4.90 Å². The molecule has 0 aromatic rings. The second-order valence-corrected chi connectivity index (χ2v) is 5.73. The summed E-state index contributed by atoms with van der Waals surface area (Å²) in [4.78, 5) is 16.5. The molecule has 2 aliphatic heterocycles. The Kier molecular flexibility index (Phi) is 3.23. The molecule has 0 unspecified atom stereocenters. The average Bonchev–Trinajstić information content (AvgIpc) is 2.87. The molecule has 0 atom stereocenters. The van der Waals surface area contributed by atoms with Gasteiger partial charge < -0.3 is 10.2 Å². The van der Waals surface area contributed by atoms with Gasteiger partial charge in [-0.2, -0.15) is 0 Å². The Morgan fingerprint density at radius 2 is 1.65 bits per heavy atom. The number of likely N-dealkylation sites (tertiary alicyclic amines) is 2. The van der Waals surface area contributed by atoms with Gasteiger partial charge in [-0.1, -0.05) is 12.8 Å². The minimum Gasteiger partial charge on any atom is -0.335 e. The Labute approximate surface area is 103 Å². The molecule has 17 heavy (non-hydrogen) atoms. The van der Waals surface area contributed by atoms with Crippen molar-refractivity contribution in [1.82, 2.24) is 15.1 Å². The molecule has 2 heterocycles. The summed E-state index contributed by atoms with van der Waals surface area (Å²) < 4.78 is 0. The van der Waals surface area contributed by atoms with Crippen LogP contribution in [-0.2, 0) is 0 Å². The summed E-state index contributed by atoms with van der Waals surface area (Å²) in [5.74, 6) is 0. The van der Waals surface area contributed by atoms with E-state index in [4.69, 9.17) is 0 Å². The SMILES string of the molecule is O=C(NC1CCCC1)N1CC(N2CCCC2)C1. The van der Waals surface area contributed by atoms with Gasteiger partial charge in [-0.15, -0.1) is 0 Å². The normalized spacial score (nSPS) is 27.4. The Morgan fingerprint density at radius 1 is 1.00 bits per heavy atom. The monoisotopic (exact) mass is 237 g/mol. The molecule has 0 radical (unpaired) electrons. The van der Waals surface area contributed by atoms with Crippen molar-refractivity contribution in [3.63, 3.8) is 0 Å². The fourth-order valence-corrected chi connectivity index (χ4v) is 3.29. The molecule has 3 fully saturated rings. The summed E-state index contributed by atoms with van der Waals surface area (Å²) in [7, 11) is 0. The molecule has 2 amide bonds. The van der Waals surface area contributed by atoms with Crippen LogP contribution in [0.25, 0.3) is 0 Å². The van der Waals surface area contributed by atoms with Crippen molar-refractivity contribution in [3.05, 3.63) is 0 Å². The van der Waals surface area contributed by atoms with Crippen molar-refractivity contribution in [1.29, 1.82) is 0 Å². The minimum atomic E-state index is 0.173. The number of urea groups is 1. The molecule has 0 aromatic carbocycles. The fraction of sp³-hybridized carbons (Fsp3) is 0.923. The molecule has 1 N–H and O–H groups in total. The van der Waals surface area contributed by atoms with Gasteiger partial charge in [0.05, 0.1) is 0 Å². The van der Waals surface area contributed by atoms with Gasteiger partial charge >= 0.3 is 6.03 Å². The van der Waals surface area contributed by atoms with Gasteiger partial charge in [0.15, 0.2) is 0 Å². The Balaban J connectivity index is 1.40. The predicted octanol–water partition coefficient (Wildman–Crippen LogP) is 1.42. The first-order valence-corrected chi connectivity index (χ1v) is 7.12. The number of amides is 2. The van der Waals surface area contributed by atoms with Crippen LogP contribution in [-0.4, -0.2) is 54.1 Å². The molecule has 4 heteroatoms. The van der Waals surface area contributed by atoms with Crippen LogP contribution in [0.1, 0.15) is 38.5 Å². The van der Waals surface area contributed by atoms with Crippen molar-refractivity contribution < 1.29 is 4.79 Å². The average molecular weight is 237 g/mol. The summed E-state index contributed by atoms with van der Waals surface area (Å²) in [6.45, 7) is 4.36. The van der Waals surface area contributed by atoms with Gasteiger partial charge in [-0.05, 0) is 38.8 Å². The lowest BCUT2D eigenvalue weighted by Gasteiger charge is -2.44. The standard InChI is InChI=1S/C13H23N3O/c17-13(14-11-5-1-2-6-11)16-9-12(10-16)15-7-3-4-8-15/h11-12H,1-10H2,(H,14,17). The van der Waals surface area contributed by atoms with E-state index in [1.54, 1.807) is 0 Å². The first-order chi connectivity index (χ1) is 8.33.